The SMILES string of the molecule is O=C1[C@H]([C@@H](Nc2ccccc2)c2ccccc2C(F)(F)F)CC2CO[C@H](c3ccccc3)N12. The summed E-state index contributed by atoms with van der Waals surface area (Å²) in [5.41, 5.74) is 0.868. The van der Waals surface area contributed by atoms with Gasteiger partial charge >= 0.3 is 6.18 Å². The third-order valence-electron chi connectivity index (χ3n) is 6.37. The van der Waals surface area contributed by atoms with Crippen LogP contribution in [-0.2, 0) is 15.7 Å². The molecule has 2 aliphatic rings. The van der Waals surface area contributed by atoms with Crippen LogP contribution in [0.15, 0.2) is 84.9 Å². The van der Waals surface area contributed by atoms with Crippen LogP contribution in [-0.4, -0.2) is 23.5 Å². The molecule has 0 radical (unpaired) electrons. The number of anilines is 1. The maximum Gasteiger partial charge on any atom is 0.416 e. The first-order chi connectivity index (χ1) is 15.9. The molecular weight excluding hydrogens is 429 g/mol. The summed E-state index contributed by atoms with van der Waals surface area (Å²) in [4.78, 5) is 15.4. The van der Waals surface area contributed by atoms with Crippen molar-refractivity contribution in [3.05, 3.63) is 102 Å². The van der Waals surface area contributed by atoms with E-state index in [-0.39, 0.29) is 17.5 Å². The minimum Gasteiger partial charge on any atom is -0.377 e. The minimum absolute atomic E-state index is 0.0746. The Morgan fingerprint density at radius 1 is 0.909 bits per heavy atom. The number of alkyl halides is 3. The molecule has 0 saturated carbocycles. The highest BCUT2D eigenvalue weighted by atomic mass is 19.4. The van der Waals surface area contributed by atoms with Crippen LogP contribution in [0.1, 0.15) is 35.4 Å². The first-order valence-electron chi connectivity index (χ1n) is 10.9. The topological polar surface area (TPSA) is 41.6 Å². The molecule has 0 spiro atoms. The molecule has 170 valence electrons. The summed E-state index contributed by atoms with van der Waals surface area (Å²) in [5, 5.41) is 3.24. The molecule has 4 atom stereocenters. The van der Waals surface area contributed by atoms with Gasteiger partial charge in [0.05, 0.1) is 30.2 Å². The Bertz CT molecular complexity index is 1120. The highest BCUT2D eigenvalue weighted by Gasteiger charge is 2.51. The van der Waals surface area contributed by atoms with Gasteiger partial charge in [0.2, 0.25) is 5.91 Å². The second kappa shape index (κ2) is 8.56. The number of fused-ring (bicyclic) bond motifs is 1. The van der Waals surface area contributed by atoms with Gasteiger partial charge in [-0.1, -0.05) is 66.7 Å². The normalized spacial score (nSPS) is 23.4. The zero-order chi connectivity index (χ0) is 23.0. The Balaban J connectivity index is 1.53. The number of benzene rings is 3. The van der Waals surface area contributed by atoms with Crippen molar-refractivity contribution in [1.29, 1.82) is 0 Å². The van der Waals surface area contributed by atoms with Gasteiger partial charge in [-0.3, -0.25) is 4.79 Å². The predicted molar refractivity (Wildman–Crippen MR) is 118 cm³/mol. The van der Waals surface area contributed by atoms with Crippen molar-refractivity contribution >= 4 is 11.6 Å². The second-order valence-electron chi connectivity index (χ2n) is 8.41. The molecule has 33 heavy (non-hydrogen) atoms. The molecule has 1 N–H and O–H groups in total. The van der Waals surface area contributed by atoms with E-state index in [4.69, 9.17) is 4.74 Å². The third-order valence-corrected chi connectivity index (χ3v) is 6.37. The van der Waals surface area contributed by atoms with E-state index in [0.29, 0.717) is 18.7 Å². The van der Waals surface area contributed by atoms with E-state index in [0.717, 1.165) is 11.6 Å². The molecule has 2 aliphatic heterocycles. The van der Waals surface area contributed by atoms with Crippen LogP contribution < -0.4 is 5.32 Å². The molecule has 0 aliphatic carbocycles. The van der Waals surface area contributed by atoms with Gasteiger partial charge in [-0.05, 0) is 30.2 Å². The number of amides is 1. The molecule has 1 unspecified atom stereocenters. The van der Waals surface area contributed by atoms with Crippen LogP contribution in [0.2, 0.25) is 0 Å². The van der Waals surface area contributed by atoms with Crippen molar-refractivity contribution in [1.82, 2.24) is 4.90 Å². The number of nitrogens with one attached hydrogen (secondary N) is 1. The van der Waals surface area contributed by atoms with Gasteiger partial charge in [-0.25, -0.2) is 0 Å². The lowest BCUT2D eigenvalue weighted by molar-refractivity contribution is -0.140. The molecular formula is C26H23F3N2O2. The van der Waals surface area contributed by atoms with E-state index in [2.05, 4.69) is 5.32 Å². The minimum atomic E-state index is -4.53. The van der Waals surface area contributed by atoms with Gasteiger partial charge in [0.1, 0.15) is 0 Å². The number of hydrogen-bond donors (Lipinski definition) is 1. The molecule has 7 heteroatoms. The molecule has 2 heterocycles. The highest BCUT2D eigenvalue weighted by Crippen LogP contribution is 2.46. The number of carbonyl (C=O) groups excluding carboxylic acids is 1. The summed E-state index contributed by atoms with van der Waals surface area (Å²) >= 11 is 0. The van der Waals surface area contributed by atoms with Gasteiger partial charge in [-0.2, -0.15) is 13.2 Å². The van der Waals surface area contributed by atoms with Gasteiger partial charge in [-0.15, -0.1) is 0 Å². The predicted octanol–water partition coefficient (Wildman–Crippen LogP) is 5.80. The molecule has 2 saturated heterocycles. The van der Waals surface area contributed by atoms with Crippen LogP contribution in [0.4, 0.5) is 18.9 Å². The van der Waals surface area contributed by atoms with E-state index in [1.807, 2.05) is 48.5 Å². The fourth-order valence-electron chi connectivity index (χ4n) is 4.91. The molecule has 0 aromatic heterocycles. The van der Waals surface area contributed by atoms with Crippen molar-refractivity contribution in [2.24, 2.45) is 5.92 Å². The van der Waals surface area contributed by atoms with E-state index < -0.39 is 29.9 Å². The molecule has 0 bridgehead atoms. The van der Waals surface area contributed by atoms with Crippen molar-refractivity contribution in [3.63, 3.8) is 0 Å². The Morgan fingerprint density at radius 3 is 2.24 bits per heavy atom. The quantitative estimate of drug-likeness (QED) is 0.532. The monoisotopic (exact) mass is 452 g/mol. The summed E-state index contributed by atoms with van der Waals surface area (Å²) in [7, 11) is 0. The van der Waals surface area contributed by atoms with Crippen LogP contribution in [0.25, 0.3) is 0 Å². The summed E-state index contributed by atoms with van der Waals surface area (Å²) in [6.45, 7) is 0.362. The zero-order valence-corrected chi connectivity index (χ0v) is 17.7. The second-order valence-corrected chi connectivity index (χ2v) is 8.41. The van der Waals surface area contributed by atoms with Gasteiger partial charge < -0.3 is 15.0 Å². The lowest BCUT2D eigenvalue weighted by Gasteiger charge is -2.29. The lowest BCUT2D eigenvalue weighted by Crippen LogP contribution is -2.35. The number of rotatable bonds is 5. The first kappa shape index (κ1) is 21.5. The van der Waals surface area contributed by atoms with Gasteiger partial charge in [0, 0.05) is 11.3 Å². The number of nitrogens with zero attached hydrogens (tertiary/aromatic N) is 1. The molecule has 2 fully saturated rings. The number of hydrogen-bond acceptors (Lipinski definition) is 3. The van der Waals surface area contributed by atoms with E-state index in [9.17, 15) is 18.0 Å². The van der Waals surface area contributed by atoms with Crippen molar-refractivity contribution in [2.75, 3.05) is 11.9 Å². The maximum atomic E-state index is 13.9. The highest BCUT2D eigenvalue weighted by molar-refractivity contribution is 5.84. The van der Waals surface area contributed by atoms with E-state index in [1.54, 1.807) is 23.1 Å². The fourth-order valence-corrected chi connectivity index (χ4v) is 4.91. The van der Waals surface area contributed by atoms with Crippen molar-refractivity contribution < 1.29 is 22.7 Å². The first-order valence-corrected chi connectivity index (χ1v) is 10.9. The van der Waals surface area contributed by atoms with Crippen LogP contribution in [0, 0.1) is 5.92 Å². The molecule has 1 amide bonds. The largest absolute Gasteiger partial charge is 0.416 e. The summed E-state index contributed by atoms with van der Waals surface area (Å²) in [5.74, 6) is -0.856. The Kier molecular flexibility index (Phi) is 5.58. The van der Waals surface area contributed by atoms with Crippen LogP contribution in [0.5, 0.6) is 0 Å². The number of ether oxygens (including phenoxy) is 1. The average Bonchev–Trinajstić information content (AvgIpc) is 3.38. The number of para-hydroxylation sites is 1. The van der Waals surface area contributed by atoms with E-state index in [1.165, 1.54) is 12.1 Å². The number of halogens is 3. The summed E-state index contributed by atoms with van der Waals surface area (Å²) in [6, 6.07) is 23.0. The van der Waals surface area contributed by atoms with Crippen molar-refractivity contribution in [2.45, 2.75) is 30.9 Å². The molecule has 5 rings (SSSR count). The molecule has 3 aromatic carbocycles. The number of carbonyl (C=O) groups is 1. The fraction of sp³-hybridized carbons (Fsp3) is 0.269. The van der Waals surface area contributed by atoms with E-state index >= 15 is 0 Å². The molecule has 4 nitrogen and oxygen atoms in total. The Labute approximate surface area is 190 Å². The van der Waals surface area contributed by atoms with Crippen molar-refractivity contribution in [3.8, 4) is 0 Å². The molecule has 3 aromatic rings. The maximum absolute atomic E-state index is 13.9. The van der Waals surface area contributed by atoms with Crippen LogP contribution >= 0.6 is 0 Å². The Morgan fingerprint density at radius 2 is 1.55 bits per heavy atom. The van der Waals surface area contributed by atoms with Gasteiger partial charge in [0.25, 0.3) is 0 Å². The van der Waals surface area contributed by atoms with Crippen LogP contribution in [0.3, 0.4) is 0 Å². The third kappa shape index (κ3) is 4.09. The average molecular weight is 452 g/mol. The smallest absolute Gasteiger partial charge is 0.377 e. The lowest BCUT2D eigenvalue weighted by atomic mass is 9.87. The standard InChI is InChI=1S/C26H23F3N2O2/c27-26(28,29)22-14-8-7-13-20(22)23(30-18-11-5-2-6-12-18)21-15-19-16-33-25(31(19)24(21)32)17-9-3-1-4-10-17/h1-14,19,21,23,25,30H,15-16H2/t19?,21-,23-,25+/m0/s1. The zero-order valence-electron chi connectivity index (χ0n) is 17.7. The summed E-state index contributed by atoms with van der Waals surface area (Å²) in [6.07, 6.45) is -4.64. The van der Waals surface area contributed by atoms with Gasteiger partial charge in [0.15, 0.2) is 6.23 Å². The summed E-state index contributed by atoms with van der Waals surface area (Å²) < 4.78 is 47.6. The Hall–Kier alpha value is -3.32.